The Balaban J connectivity index is 2.01. The van der Waals surface area contributed by atoms with Gasteiger partial charge in [0.25, 0.3) is 0 Å². The molecule has 19 heavy (non-hydrogen) atoms. The molecule has 0 aromatic carbocycles. The molecule has 1 aromatic rings. The lowest BCUT2D eigenvalue weighted by molar-refractivity contribution is 0.264. The Hall–Kier alpha value is -0.800. The van der Waals surface area contributed by atoms with Crippen molar-refractivity contribution in [3.05, 3.63) is 23.0 Å². The van der Waals surface area contributed by atoms with Gasteiger partial charge in [0.1, 0.15) is 0 Å². The number of fused-ring (bicyclic) bond motifs is 1. The molecule has 2 N–H and O–H groups in total. The molecule has 0 fully saturated rings. The molecule has 2 rings (SSSR count). The van der Waals surface area contributed by atoms with Crippen LogP contribution in [0.4, 0.5) is 0 Å². The Bertz CT molecular complexity index is 420. The molecule has 1 atom stereocenters. The zero-order chi connectivity index (χ0) is 14.0. The first-order chi connectivity index (χ1) is 9.00. The molecule has 1 aromatic heterocycles. The van der Waals surface area contributed by atoms with Crippen LogP contribution in [0.15, 0.2) is 6.07 Å². The molecule has 3 heteroatoms. The summed E-state index contributed by atoms with van der Waals surface area (Å²) in [7, 11) is 2.21. The fourth-order valence-corrected chi connectivity index (χ4v) is 3.05. The molecule has 108 valence electrons. The number of nitrogens with zero attached hydrogens (tertiary/aromatic N) is 2. The molecule has 0 saturated carbocycles. The lowest BCUT2D eigenvalue weighted by Gasteiger charge is -2.23. The Morgan fingerprint density at radius 1 is 1.47 bits per heavy atom. The van der Waals surface area contributed by atoms with Crippen LogP contribution < -0.4 is 5.73 Å². The summed E-state index contributed by atoms with van der Waals surface area (Å²) in [6.07, 6.45) is 4.80. The van der Waals surface area contributed by atoms with E-state index in [2.05, 4.69) is 43.4 Å². The fourth-order valence-electron chi connectivity index (χ4n) is 3.05. The average molecular weight is 263 g/mol. The Morgan fingerprint density at radius 3 is 2.89 bits per heavy atom. The van der Waals surface area contributed by atoms with E-state index in [-0.39, 0.29) is 6.04 Å². The molecule has 1 aliphatic carbocycles. The van der Waals surface area contributed by atoms with Crippen LogP contribution in [-0.2, 0) is 13.0 Å². The van der Waals surface area contributed by atoms with E-state index in [0.29, 0.717) is 6.04 Å². The van der Waals surface area contributed by atoms with Gasteiger partial charge in [-0.25, -0.2) is 0 Å². The zero-order valence-corrected chi connectivity index (χ0v) is 12.9. The van der Waals surface area contributed by atoms with E-state index >= 15 is 0 Å². The van der Waals surface area contributed by atoms with Crippen LogP contribution in [0.5, 0.6) is 0 Å². The van der Waals surface area contributed by atoms with Crippen molar-refractivity contribution in [1.29, 1.82) is 0 Å². The first-order valence-corrected chi connectivity index (χ1v) is 7.65. The van der Waals surface area contributed by atoms with Gasteiger partial charge in [-0.1, -0.05) is 0 Å². The molecule has 0 aliphatic heterocycles. The minimum absolute atomic E-state index is 0.266. The summed E-state index contributed by atoms with van der Waals surface area (Å²) >= 11 is 0. The third kappa shape index (κ3) is 3.21. The maximum atomic E-state index is 6.22. The fraction of sp³-hybridized carbons (Fsp3) is 0.750. The first kappa shape index (κ1) is 14.6. The van der Waals surface area contributed by atoms with Gasteiger partial charge < -0.3 is 15.2 Å². The molecule has 0 saturated heterocycles. The molecule has 0 bridgehead atoms. The second-order valence-corrected chi connectivity index (χ2v) is 6.27. The summed E-state index contributed by atoms with van der Waals surface area (Å²) < 4.78 is 2.50. The molecule has 0 amide bonds. The maximum Gasteiger partial charge on any atom is 0.0313 e. The van der Waals surface area contributed by atoms with Gasteiger partial charge in [-0.05, 0) is 71.7 Å². The highest BCUT2D eigenvalue weighted by Gasteiger charge is 2.21. The highest BCUT2D eigenvalue weighted by atomic mass is 15.1. The number of hydrogen-bond donors (Lipinski definition) is 1. The summed E-state index contributed by atoms with van der Waals surface area (Å²) in [5.41, 5.74) is 10.5. The molecule has 0 spiro atoms. The molecular formula is C16H29N3. The van der Waals surface area contributed by atoms with E-state index in [4.69, 9.17) is 5.73 Å². The largest absolute Gasteiger partial charge is 0.348 e. The number of nitrogens with two attached hydrogens (primary N) is 1. The number of rotatable bonds is 5. The van der Waals surface area contributed by atoms with E-state index < -0.39 is 0 Å². The number of hydrogen-bond acceptors (Lipinski definition) is 2. The standard InChI is InChI=1S/C16H29N3/c1-12(2)18(4)9-6-10-19-13(3)11-14-15(17)7-5-8-16(14)19/h11-12,15H,5-10,17H2,1-4H3. The van der Waals surface area contributed by atoms with Gasteiger partial charge in [0.05, 0.1) is 0 Å². The molecular weight excluding hydrogens is 234 g/mol. The minimum atomic E-state index is 0.266. The summed E-state index contributed by atoms with van der Waals surface area (Å²) in [5, 5.41) is 0. The highest BCUT2D eigenvalue weighted by molar-refractivity contribution is 5.32. The summed E-state index contributed by atoms with van der Waals surface area (Å²) in [5.74, 6) is 0. The van der Waals surface area contributed by atoms with Crippen molar-refractivity contribution in [3.8, 4) is 0 Å². The van der Waals surface area contributed by atoms with Crippen molar-refractivity contribution in [1.82, 2.24) is 9.47 Å². The summed E-state index contributed by atoms with van der Waals surface area (Å²) in [6, 6.07) is 3.21. The molecule has 1 unspecified atom stereocenters. The zero-order valence-electron chi connectivity index (χ0n) is 12.9. The van der Waals surface area contributed by atoms with Crippen LogP contribution in [0.3, 0.4) is 0 Å². The number of aryl methyl sites for hydroxylation is 1. The van der Waals surface area contributed by atoms with E-state index in [9.17, 15) is 0 Å². The third-order valence-corrected chi connectivity index (χ3v) is 4.55. The van der Waals surface area contributed by atoms with Crippen LogP contribution in [0.25, 0.3) is 0 Å². The van der Waals surface area contributed by atoms with Crippen LogP contribution in [-0.4, -0.2) is 29.1 Å². The van der Waals surface area contributed by atoms with Crippen molar-refractivity contribution in [2.75, 3.05) is 13.6 Å². The Kier molecular flexibility index (Phi) is 4.69. The predicted octanol–water partition coefficient (Wildman–Crippen LogP) is 2.86. The monoisotopic (exact) mass is 263 g/mol. The van der Waals surface area contributed by atoms with Gasteiger partial charge in [0, 0.05) is 30.0 Å². The van der Waals surface area contributed by atoms with Crippen molar-refractivity contribution < 1.29 is 0 Å². The Labute approximate surface area is 117 Å². The van der Waals surface area contributed by atoms with Crippen molar-refractivity contribution in [2.24, 2.45) is 5.73 Å². The van der Waals surface area contributed by atoms with E-state index in [0.717, 1.165) is 19.5 Å². The van der Waals surface area contributed by atoms with Gasteiger partial charge >= 0.3 is 0 Å². The minimum Gasteiger partial charge on any atom is -0.348 e. The smallest absolute Gasteiger partial charge is 0.0313 e. The van der Waals surface area contributed by atoms with E-state index in [1.165, 1.54) is 36.2 Å². The lowest BCUT2D eigenvalue weighted by Crippen LogP contribution is -2.28. The SMILES string of the molecule is Cc1cc2c(n1CCCN(C)C(C)C)CCCC2N. The summed E-state index contributed by atoms with van der Waals surface area (Å²) in [6.45, 7) is 9.02. The van der Waals surface area contributed by atoms with Crippen molar-refractivity contribution >= 4 is 0 Å². The first-order valence-electron chi connectivity index (χ1n) is 7.65. The molecule has 1 heterocycles. The van der Waals surface area contributed by atoms with Gasteiger partial charge in [-0.2, -0.15) is 0 Å². The lowest BCUT2D eigenvalue weighted by atomic mass is 9.93. The third-order valence-electron chi connectivity index (χ3n) is 4.55. The van der Waals surface area contributed by atoms with Crippen molar-refractivity contribution in [3.63, 3.8) is 0 Å². The average Bonchev–Trinajstić information content (AvgIpc) is 2.68. The van der Waals surface area contributed by atoms with Crippen LogP contribution in [0, 0.1) is 6.92 Å². The predicted molar refractivity (Wildman–Crippen MR) is 81.4 cm³/mol. The maximum absolute atomic E-state index is 6.22. The van der Waals surface area contributed by atoms with Gasteiger partial charge in [-0.15, -0.1) is 0 Å². The van der Waals surface area contributed by atoms with Gasteiger partial charge in [-0.3, -0.25) is 0 Å². The quantitative estimate of drug-likeness (QED) is 0.886. The second kappa shape index (κ2) is 6.10. The second-order valence-electron chi connectivity index (χ2n) is 6.27. The number of aromatic nitrogens is 1. The van der Waals surface area contributed by atoms with Crippen LogP contribution in [0.2, 0.25) is 0 Å². The Morgan fingerprint density at radius 2 is 2.21 bits per heavy atom. The molecule has 0 radical (unpaired) electrons. The normalized spacial score (nSPS) is 19.2. The molecule has 1 aliphatic rings. The van der Waals surface area contributed by atoms with E-state index in [1.54, 1.807) is 0 Å². The van der Waals surface area contributed by atoms with Gasteiger partial charge in [0.15, 0.2) is 0 Å². The van der Waals surface area contributed by atoms with E-state index in [1.807, 2.05) is 0 Å². The molecule has 3 nitrogen and oxygen atoms in total. The van der Waals surface area contributed by atoms with Crippen LogP contribution in [0.1, 0.15) is 56.1 Å². The topological polar surface area (TPSA) is 34.2 Å². The van der Waals surface area contributed by atoms with Crippen molar-refractivity contribution in [2.45, 2.75) is 65.1 Å². The summed E-state index contributed by atoms with van der Waals surface area (Å²) in [4.78, 5) is 2.41. The van der Waals surface area contributed by atoms with Gasteiger partial charge in [0.2, 0.25) is 0 Å². The highest BCUT2D eigenvalue weighted by Crippen LogP contribution is 2.30. The van der Waals surface area contributed by atoms with Crippen LogP contribution >= 0.6 is 0 Å².